The fraction of sp³-hybridized carbons (Fsp3) is 0. The fourth-order valence-corrected chi connectivity index (χ4v) is 5.22. The van der Waals surface area contributed by atoms with Crippen LogP contribution < -0.4 is 4.90 Å². The van der Waals surface area contributed by atoms with Crippen molar-refractivity contribution in [3.05, 3.63) is 170 Å². The molecule has 1 aromatic heterocycles. The van der Waals surface area contributed by atoms with Crippen molar-refractivity contribution in [1.82, 2.24) is 15.0 Å². The van der Waals surface area contributed by atoms with Crippen LogP contribution in [-0.4, -0.2) is 15.0 Å². The van der Waals surface area contributed by atoms with Gasteiger partial charge in [0.05, 0.1) is 5.69 Å². The van der Waals surface area contributed by atoms with Gasteiger partial charge in [-0.15, -0.1) is 0 Å². The molecule has 204 valence electrons. The van der Waals surface area contributed by atoms with E-state index in [-0.39, 0.29) is 0 Å². The Kier molecular flexibility index (Phi) is 7.23. The van der Waals surface area contributed by atoms with E-state index >= 15 is 0 Å². The molecule has 0 spiro atoms. The van der Waals surface area contributed by atoms with E-state index in [4.69, 9.17) is 15.0 Å². The van der Waals surface area contributed by atoms with Gasteiger partial charge in [-0.1, -0.05) is 133 Å². The highest BCUT2D eigenvalue weighted by atomic mass is 15.1. The Morgan fingerprint density at radius 3 is 1.23 bits per heavy atom. The zero-order chi connectivity index (χ0) is 28.8. The minimum atomic E-state index is 0.614. The number of anilines is 3. The Balaban J connectivity index is 1.39. The number of para-hydroxylation sites is 3. The Labute approximate surface area is 251 Å². The molecular weight excluding hydrogens is 524 g/mol. The largest absolute Gasteiger partial charge is 0.310 e. The Morgan fingerprint density at radius 1 is 0.302 bits per heavy atom. The van der Waals surface area contributed by atoms with Crippen molar-refractivity contribution in [1.29, 1.82) is 0 Å². The third kappa shape index (κ3) is 5.54. The molecule has 4 nitrogen and oxygen atoms in total. The molecular formula is C39H28N4. The first-order valence-electron chi connectivity index (χ1n) is 14.3. The zero-order valence-electron chi connectivity index (χ0n) is 23.5. The van der Waals surface area contributed by atoms with Gasteiger partial charge in [0.2, 0.25) is 0 Å². The molecule has 1 heterocycles. The van der Waals surface area contributed by atoms with E-state index < -0.39 is 0 Å². The topological polar surface area (TPSA) is 41.9 Å². The molecule has 6 aromatic carbocycles. The number of benzene rings is 6. The SMILES string of the molecule is c1ccc(-c2ccc(-c3nc(-c4ccccc4)nc(-c4ccccc4N(c4ccccc4)c4ccccc4)n3)cc2)cc1. The van der Waals surface area contributed by atoms with E-state index in [1.54, 1.807) is 0 Å². The van der Waals surface area contributed by atoms with Gasteiger partial charge >= 0.3 is 0 Å². The van der Waals surface area contributed by atoms with Crippen LogP contribution in [0.25, 0.3) is 45.3 Å². The van der Waals surface area contributed by atoms with Crippen LogP contribution in [0, 0.1) is 0 Å². The molecule has 0 fully saturated rings. The first-order chi connectivity index (χ1) is 21.3. The van der Waals surface area contributed by atoms with E-state index in [9.17, 15) is 0 Å². The predicted octanol–water partition coefficient (Wildman–Crippen LogP) is 10.0. The molecule has 0 saturated carbocycles. The number of nitrogens with zero attached hydrogens (tertiary/aromatic N) is 4. The zero-order valence-corrected chi connectivity index (χ0v) is 23.5. The van der Waals surface area contributed by atoms with E-state index in [2.05, 4.69) is 120 Å². The fourth-order valence-electron chi connectivity index (χ4n) is 5.22. The highest BCUT2D eigenvalue weighted by molar-refractivity contribution is 5.86. The molecule has 0 aliphatic carbocycles. The van der Waals surface area contributed by atoms with Crippen LogP contribution in [0.5, 0.6) is 0 Å². The van der Waals surface area contributed by atoms with Crippen molar-refractivity contribution < 1.29 is 0 Å². The van der Waals surface area contributed by atoms with Gasteiger partial charge in [-0.3, -0.25) is 0 Å². The van der Waals surface area contributed by atoms with Crippen LogP contribution in [0.1, 0.15) is 0 Å². The second-order valence-corrected chi connectivity index (χ2v) is 10.1. The lowest BCUT2D eigenvalue weighted by Gasteiger charge is -2.27. The summed E-state index contributed by atoms with van der Waals surface area (Å²) in [5, 5.41) is 0. The molecule has 0 aliphatic heterocycles. The molecule has 0 saturated heterocycles. The maximum absolute atomic E-state index is 5.08. The van der Waals surface area contributed by atoms with Crippen molar-refractivity contribution in [3.8, 4) is 45.3 Å². The molecule has 0 unspecified atom stereocenters. The monoisotopic (exact) mass is 552 g/mol. The summed E-state index contributed by atoms with van der Waals surface area (Å²) in [6.45, 7) is 0. The van der Waals surface area contributed by atoms with Crippen molar-refractivity contribution in [2.24, 2.45) is 0 Å². The molecule has 7 aromatic rings. The quantitative estimate of drug-likeness (QED) is 0.197. The van der Waals surface area contributed by atoms with Gasteiger partial charge in [0.25, 0.3) is 0 Å². The van der Waals surface area contributed by atoms with Crippen LogP contribution in [0.4, 0.5) is 17.1 Å². The van der Waals surface area contributed by atoms with Gasteiger partial charge in [0.1, 0.15) is 0 Å². The molecule has 0 N–H and O–H groups in total. The molecule has 0 amide bonds. The maximum atomic E-state index is 5.08. The van der Waals surface area contributed by atoms with Gasteiger partial charge in [-0.05, 0) is 47.5 Å². The molecule has 0 aliphatic rings. The van der Waals surface area contributed by atoms with Gasteiger partial charge in [0.15, 0.2) is 17.5 Å². The van der Waals surface area contributed by atoms with Crippen LogP contribution in [-0.2, 0) is 0 Å². The lowest BCUT2D eigenvalue weighted by Crippen LogP contribution is -2.12. The number of hydrogen-bond acceptors (Lipinski definition) is 4. The summed E-state index contributed by atoms with van der Waals surface area (Å²) in [6, 6.07) is 57.9. The number of rotatable bonds is 7. The van der Waals surface area contributed by atoms with Crippen molar-refractivity contribution in [2.75, 3.05) is 4.90 Å². The Bertz CT molecular complexity index is 1900. The minimum absolute atomic E-state index is 0.614. The van der Waals surface area contributed by atoms with E-state index in [1.807, 2.05) is 54.6 Å². The van der Waals surface area contributed by atoms with E-state index in [0.717, 1.165) is 39.3 Å². The predicted molar refractivity (Wildman–Crippen MR) is 176 cm³/mol. The van der Waals surface area contributed by atoms with Crippen LogP contribution in [0.2, 0.25) is 0 Å². The second-order valence-electron chi connectivity index (χ2n) is 10.1. The average molecular weight is 553 g/mol. The summed E-state index contributed by atoms with van der Waals surface area (Å²) < 4.78 is 0. The van der Waals surface area contributed by atoms with Crippen molar-refractivity contribution in [3.63, 3.8) is 0 Å². The smallest absolute Gasteiger partial charge is 0.166 e. The Morgan fingerprint density at radius 2 is 0.674 bits per heavy atom. The van der Waals surface area contributed by atoms with Crippen molar-refractivity contribution >= 4 is 17.1 Å². The molecule has 0 atom stereocenters. The van der Waals surface area contributed by atoms with E-state index in [0.29, 0.717) is 17.5 Å². The minimum Gasteiger partial charge on any atom is -0.310 e. The lowest BCUT2D eigenvalue weighted by atomic mass is 10.0. The standard InChI is InChI=1S/C39H28N4/c1-5-15-29(16-6-1)30-25-27-32(28-26-30)38-40-37(31-17-7-2-8-18-31)41-39(42-38)35-23-13-14-24-36(35)43(33-19-9-3-10-20-33)34-21-11-4-12-22-34/h1-28H. The summed E-state index contributed by atoms with van der Waals surface area (Å²) in [7, 11) is 0. The molecule has 43 heavy (non-hydrogen) atoms. The molecule has 7 rings (SSSR count). The summed E-state index contributed by atoms with van der Waals surface area (Å²) in [4.78, 5) is 17.3. The summed E-state index contributed by atoms with van der Waals surface area (Å²) in [5.74, 6) is 1.88. The molecule has 0 bridgehead atoms. The third-order valence-electron chi connectivity index (χ3n) is 7.33. The highest BCUT2D eigenvalue weighted by Crippen LogP contribution is 2.40. The van der Waals surface area contributed by atoms with Gasteiger partial charge in [0, 0.05) is 28.1 Å². The Hall–Kier alpha value is -5.87. The second kappa shape index (κ2) is 11.9. The number of hydrogen-bond donors (Lipinski definition) is 0. The average Bonchev–Trinajstić information content (AvgIpc) is 3.10. The third-order valence-corrected chi connectivity index (χ3v) is 7.33. The van der Waals surface area contributed by atoms with Crippen molar-refractivity contribution in [2.45, 2.75) is 0 Å². The normalized spacial score (nSPS) is 10.8. The number of aromatic nitrogens is 3. The van der Waals surface area contributed by atoms with Gasteiger partial charge < -0.3 is 4.90 Å². The summed E-state index contributed by atoms with van der Waals surface area (Å²) in [5.41, 5.74) is 8.19. The van der Waals surface area contributed by atoms with Gasteiger partial charge in [-0.2, -0.15) is 0 Å². The van der Waals surface area contributed by atoms with Gasteiger partial charge in [-0.25, -0.2) is 15.0 Å². The lowest BCUT2D eigenvalue weighted by molar-refractivity contribution is 1.07. The summed E-state index contributed by atoms with van der Waals surface area (Å²) >= 11 is 0. The summed E-state index contributed by atoms with van der Waals surface area (Å²) in [6.07, 6.45) is 0. The maximum Gasteiger partial charge on any atom is 0.166 e. The van der Waals surface area contributed by atoms with Crippen LogP contribution >= 0.6 is 0 Å². The molecule has 4 heteroatoms. The molecule has 0 radical (unpaired) electrons. The first kappa shape index (κ1) is 26.1. The highest BCUT2D eigenvalue weighted by Gasteiger charge is 2.20. The van der Waals surface area contributed by atoms with Crippen LogP contribution in [0.3, 0.4) is 0 Å². The van der Waals surface area contributed by atoms with Crippen LogP contribution in [0.15, 0.2) is 170 Å². The van der Waals surface area contributed by atoms with E-state index in [1.165, 1.54) is 5.56 Å². The first-order valence-corrected chi connectivity index (χ1v) is 14.3.